The number of aliphatic hydroxyl groups is 1. The molecule has 0 aliphatic carbocycles. The fraction of sp³-hybridized carbons (Fsp3) is 0.417. The number of hydrogen-bond acceptors (Lipinski definition) is 3. The van der Waals surface area contributed by atoms with Crippen LogP contribution in [0, 0.1) is 12.3 Å². The largest absolute Gasteiger partial charge is 0.481 e. The van der Waals surface area contributed by atoms with Crippen LogP contribution in [0.25, 0.3) is 0 Å². The topological polar surface area (TPSA) is 42.4 Å². The molecule has 15 heavy (non-hydrogen) atoms. The highest BCUT2D eigenvalue weighted by molar-refractivity contribution is 5.17. The van der Waals surface area contributed by atoms with Gasteiger partial charge in [0, 0.05) is 12.5 Å². The van der Waals surface area contributed by atoms with Crippen molar-refractivity contribution in [3.63, 3.8) is 0 Å². The molecule has 0 aromatic carbocycles. The minimum Gasteiger partial charge on any atom is -0.481 e. The van der Waals surface area contributed by atoms with Gasteiger partial charge in [0.1, 0.15) is 0 Å². The molecule has 80 valence electrons. The van der Waals surface area contributed by atoms with E-state index in [0.29, 0.717) is 24.4 Å². The van der Waals surface area contributed by atoms with E-state index in [1.165, 1.54) is 0 Å². The zero-order valence-corrected chi connectivity index (χ0v) is 8.81. The molecule has 1 N–H and O–H groups in total. The quantitative estimate of drug-likeness (QED) is 0.590. The van der Waals surface area contributed by atoms with Crippen LogP contribution >= 0.6 is 0 Å². The first-order valence-corrected chi connectivity index (χ1v) is 4.90. The molecule has 1 unspecified atom stereocenters. The van der Waals surface area contributed by atoms with Crippen molar-refractivity contribution in [3.8, 4) is 18.2 Å². The zero-order chi connectivity index (χ0) is 11.1. The smallest absolute Gasteiger partial charge is 0.213 e. The number of pyridine rings is 1. The third kappa shape index (κ3) is 3.61. The van der Waals surface area contributed by atoms with Crippen molar-refractivity contribution in [2.24, 2.45) is 0 Å². The molecular weight excluding hydrogens is 190 g/mol. The van der Waals surface area contributed by atoms with Crippen LogP contribution in [0.4, 0.5) is 0 Å². The number of hydrogen-bond donors (Lipinski definition) is 1. The maximum atomic E-state index is 9.78. The van der Waals surface area contributed by atoms with Gasteiger partial charge < -0.3 is 9.84 Å². The Labute approximate surface area is 90.1 Å². The maximum Gasteiger partial charge on any atom is 0.213 e. The number of ether oxygens (including phenoxy) is 1. The predicted octanol–water partition coefficient (Wildman–Crippen LogP) is 1.93. The molecular formula is C12H15NO2. The Morgan fingerprint density at radius 2 is 2.40 bits per heavy atom. The lowest BCUT2D eigenvalue weighted by Gasteiger charge is -2.09. The summed E-state index contributed by atoms with van der Waals surface area (Å²) >= 11 is 0. The van der Waals surface area contributed by atoms with Gasteiger partial charge in [-0.05, 0) is 18.9 Å². The molecule has 0 radical (unpaired) electrons. The lowest BCUT2D eigenvalue weighted by atomic mass is 10.1. The number of aromatic nitrogens is 1. The zero-order valence-electron chi connectivity index (χ0n) is 8.81. The normalized spacial score (nSPS) is 11.8. The summed E-state index contributed by atoms with van der Waals surface area (Å²) in [5, 5.41) is 9.78. The average molecular weight is 205 g/mol. The lowest BCUT2D eigenvalue weighted by molar-refractivity contribution is 0.159. The minimum absolute atomic E-state index is 0.517. The third-order valence-electron chi connectivity index (χ3n) is 2.09. The number of terminal acetylenes is 1. The van der Waals surface area contributed by atoms with Crippen molar-refractivity contribution >= 4 is 0 Å². The molecule has 0 spiro atoms. The lowest BCUT2D eigenvalue weighted by Crippen LogP contribution is -2.01. The summed E-state index contributed by atoms with van der Waals surface area (Å²) < 4.78 is 4.98. The second-order valence-electron chi connectivity index (χ2n) is 3.22. The van der Waals surface area contributed by atoms with Gasteiger partial charge in [0.05, 0.1) is 18.9 Å². The summed E-state index contributed by atoms with van der Waals surface area (Å²) in [6, 6.07) is 5.34. The van der Waals surface area contributed by atoms with E-state index in [2.05, 4.69) is 10.9 Å². The molecule has 0 bridgehead atoms. The number of methoxy groups -OCH3 is 1. The summed E-state index contributed by atoms with van der Waals surface area (Å²) in [7, 11) is 1.55. The van der Waals surface area contributed by atoms with E-state index in [4.69, 9.17) is 11.2 Å². The Kier molecular flexibility index (Phi) is 4.65. The minimum atomic E-state index is -0.562. The van der Waals surface area contributed by atoms with Crippen LogP contribution in [0.1, 0.15) is 31.1 Å². The molecule has 0 fully saturated rings. The third-order valence-corrected chi connectivity index (χ3v) is 2.09. The summed E-state index contributed by atoms with van der Waals surface area (Å²) in [5.74, 6) is 3.06. The monoisotopic (exact) mass is 205 g/mol. The molecule has 1 aromatic heterocycles. The molecule has 0 saturated heterocycles. The van der Waals surface area contributed by atoms with Crippen LogP contribution in [0.2, 0.25) is 0 Å². The van der Waals surface area contributed by atoms with E-state index in [1.807, 2.05) is 6.07 Å². The summed E-state index contributed by atoms with van der Waals surface area (Å²) in [6.07, 6.45) is 6.68. The van der Waals surface area contributed by atoms with Crippen LogP contribution in [-0.4, -0.2) is 17.2 Å². The molecule has 3 nitrogen and oxygen atoms in total. The molecule has 1 aromatic rings. The summed E-state index contributed by atoms with van der Waals surface area (Å²) in [6.45, 7) is 0. The standard InChI is InChI=1S/C12H15NO2/c1-3-4-5-8-11(14)10-7-6-9-12(13-10)15-2/h1,6-7,9,11,14H,4-5,8H2,2H3. The second kappa shape index (κ2) is 6.05. The van der Waals surface area contributed by atoms with Gasteiger partial charge >= 0.3 is 0 Å². The van der Waals surface area contributed by atoms with Crippen molar-refractivity contribution in [2.45, 2.75) is 25.4 Å². The van der Waals surface area contributed by atoms with Gasteiger partial charge in [-0.25, -0.2) is 4.98 Å². The van der Waals surface area contributed by atoms with Crippen molar-refractivity contribution < 1.29 is 9.84 Å². The first-order chi connectivity index (χ1) is 7.27. The molecule has 0 amide bonds. The van der Waals surface area contributed by atoms with Crippen molar-refractivity contribution in [3.05, 3.63) is 23.9 Å². The first kappa shape index (κ1) is 11.5. The van der Waals surface area contributed by atoms with Gasteiger partial charge in [0.2, 0.25) is 5.88 Å². The molecule has 1 atom stereocenters. The molecule has 0 aliphatic heterocycles. The van der Waals surface area contributed by atoms with Crippen molar-refractivity contribution in [2.75, 3.05) is 7.11 Å². The van der Waals surface area contributed by atoms with Crippen LogP contribution < -0.4 is 4.74 Å². The Morgan fingerprint density at radius 1 is 1.60 bits per heavy atom. The average Bonchev–Trinajstić information content (AvgIpc) is 2.29. The number of rotatable bonds is 5. The van der Waals surface area contributed by atoms with Crippen LogP contribution in [-0.2, 0) is 0 Å². The highest BCUT2D eigenvalue weighted by Crippen LogP contribution is 2.19. The highest BCUT2D eigenvalue weighted by Gasteiger charge is 2.08. The van der Waals surface area contributed by atoms with Gasteiger partial charge in [-0.15, -0.1) is 12.3 Å². The van der Waals surface area contributed by atoms with Crippen LogP contribution in [0.3, 0.4) is 0 Å². The van der Waals surface area contributed by atoms with Gasteiger partial charge in [0.25, 0.3) is 0 Å². The fourth-order valence-electron chi connectivity index (χ4n) is 1.28. The van der Waals surface area contributed by atoms with E-state index < -0.39 is 6.10 Å². The number of aliphatic hydroxyl groups excluding tert-OH is 1. The highest BCUT2D eigenvalue weighted by atomic mass is 16.5. The molecule has 0 saturated carbocycles. The number of nitrogens with zero attached hydrogens (tertiary/aromatic N) is 1. The second-order valence-corrected chi connectivity index (χ2v) is 3.22. The van der Waals surface area contributed by atoms with E-state index in [1.54, 1.807) is 19.2 Å². The first-order valence-electron chi connectivity index (χ1n) is 4.90. The van der Waals surface area contributed by atoms with Crippen molar-refractivity contribution in [1.82, 2.24) is 4.98 Å². The SMILES string of the molecule is C#CCCCC(O)c1cccc(OC)n1. The molecule has 1 heterocycles. The Balaban J connectivity index is 2.57. The Bertz CT molecular complexity index is 344. The summed E-state index contributed by atoms with van der Waals surface area (Å²) in [4.78, 5) is 4.15. The molecule has 1 rings (SSSR count). The van der Waals surface area contributed by atoms with Crippen molar-refractivity contribution in [1.29, 1.82) is 0 Å². The predicted molar refractivity (Wildman–Crippen MR) is 58.4 cm³/mol. The van der Waals surface area contributed by atoms with Crippen LogP contribution in [0.15, 0.2) is 18.2 Å². The van der Waals surface area contributed by atoms with Gasteiger partial charge in [-0.3, -0.25) is 0 Å². The number of unbranched alkanes of at least 4 members (excludes halogenated alkanes) is 1. The van der Waals surface area contributed by atoms with Gasteiger partial charge in [-0.1, -0.05) is 6.07 Å². The van der Waals surface area contributed by atoms with E-state index >= 15 is 0 Å². The molecule has 3 heteroatoms. The Morgan fingerprint density at radius 3 is 3.07 bits per heavy atom. The summed E-state index contributed by atoms with van der Waals surface area (Å²) in [5.41, 5.74) is 0.631. The maximum absolute atomic E-state index is 9.78. The molecule has 0 aliphatic rings. The van der Waals surface area contributed by atoms with E-state index in [9.17, 15) is 5.11 Å². The van der Waals surface area contributed by atoms with Gasteiger partial charge in [0.15, 0.2) is 0 Å². The van der Waals surface area contributed by atoms with Crippen LogP contribution in [0.5, 0.6) is 5.88 Å². The van der Waals surface area contributed by atoms with E-state index in [0.717, 1.165) is 6.42 Å². The fourth-order valence-corrected chi connectivity index (χ4v) is 1.28. The van der Waals surface area contributed by atoms with E-state index in [-0.39, 0.29) is 0 Å². The van der Waals surface area contributed by atoms with Gasteiger partial charge in [-0.2, -0.15) is 0 Å². The Hall–Kier alpha value is -1.53.